The molecule has 130 valence electrons. The van der Waals surface area contributed by atoms with Crippen LogP contribution in [0.15, 0.2) is 17.2 Å². The third-order valence-corrected chi connectivity index (χ3v) is 4.67. The first kappa shape index (κ1) is 17.3. The number of piperidine rings is 1. The number of hydrogen-bond acceptors (Lipinski definition) is 5. The second-order valence-electron chi connectivity index (χ2n) is 5.73. The van der Waals surface area contributed by atoms with E-state index < -0.39 is 6.29 Å². The predicted octanol–water partition coefficient (Wildman–Crippen LogP) is 3.51. The number of nitrogens with zero attached hydrogens (tertiary/aromatic N) is 3. The molecule has 1 fully saturated rings. The fraction of sp³-hybridized carbons (Fsp3) is 0.500. The summed E-state index contributed by atoms with van der Waals surface area (Å²) in [5, 5.41) is 7.00. The van der Waals surface area contributed by atoms with Crippen LogP contribution in [0.25, 0.3) is 0 Å². The van der Waals surface area contributed by atoms with Crippen molar-refractivity contribution in [2.75, 3.05) is 25.2 Å². The number of halogens is 2. The number of anilines is 1. The fourth-order valence-corrected chi connectivity index (χ4v) is 3.28. The molecule has 1 atom stereocenters. The number of benzene rings is 1. The third-order valence-electron chi connectivity index (χ3n) is 4.07. The van der Waals surface area contributed by atoms with Gasteiger partial charge in [-0.15, -0.1) is 0 Å². The minimum Gasteiger partial charge on any atom is -0.464 e. The first-order valence-electron chi connectivity index (χ1n) is 7.83. The molecule has 1 aromatic carbocycles. The molecule has 6 nitrogen and oxygen atoms in total. The average molecular weight is 372 g/mol. The van der Waals surface area contributed by atoms with E-state index in [0.29, 0.717) is 21.5 Å². The lowest BCUT2D eigenvalue weighted by molar-refractivity contribution is -0.126. The van der Waals surface area contributed by atoms with E-state index in [2.05, 4.69) is 5.10 Å². The number of carbonyl (C=O) groups excluding carboxylic acids is 1. The first-order valence-corrected chi connectivity index (χ1v) is 8.59. The molecule has 1 saturated heterocycles. The van der Waals surface area contributed by atoms with Gasteiger partial charge in [0.05, 0.1) is 15.7 Å². The summed E-state index contributed by atoms with van der Waals surface area (Å²) in [6.07, 6.45) is 2.38. The molecule has 24 heavy (non-hydrogen) atoms. The van der Waals surface area contributed by atoms with Gasteiger partial charge in [-0.3, -0.25) is 14.7 Å². The minimum atomic E-state index is -0.459. The number of hydrogen-bond donors (Lipinski definition) is 0. The third kappa shape index (κ3) is 3.45. The number of methoxy groups -OCH3 is 1. The van der Waals surface area contributed by atoms with E-state index in [1.165, 1.54) is 0 Å². The fourth-order valence-electron chi connectivity index (χ4n) is 2.75. The van der Waals surface area contributed by atoms with E-state index in [1.807, 2.05) is 0 Å². The van der Waals surface area contributed by atoms with Crippen molar-refractivity contribution < 1.29 is 14.3 Å². The van der Waals surface area contributed by atoms with Gasteiger partial charge in [0.15, 0.2) is 6.29 Å². The number of ether oxygens (including phenoxy) is 2. The summed E-state index contributed by atoms with van der Waals surface area (Å²) in [5.41, 5.74) is 0.588. The van der Waals surface area contributed by atoms with Crippen molar-refractivity contribution in [3.8, 4) is 5.75 Å². The summed E-state index contributed by atoms with van der Waals surface area (Å²) < 4.78 is 10.7. The van der Waals surface area contributed by atoms with E-state index in [1.54, 1.807) is 36.1 Å². The van der Waals surface area contributed by atoms with Gasteiger partial charge in [0.25, 0.3) is 0 Å². The second kappa shape index (κ2) is 7.17. The zero-order valence-electron chi connectivity index (χ0n) is 13.6. The number of amides is 1. The number of hydrazone groups is 1. The molecule has 0 saturated carbocycles. The summed E-state index contributed by atoms with van der Waals surface area (Å²) in [6.45, 7) is 2.64. The van der Waals surface area contributed by atoms with Crippen molar-refractivity contribution in [3.63, 3.8) is 0 Å². The summed E-state index contributed by atoms with van der Waals surface area (Å²) in [4.78, 5) is 14.1. The van der Waals surface area contributed by atoms with Gasteiger partial charge in [-0.1, -0.05) is 23.2 Å². The van der Waals surface area contributed by atoms with Crippen LogP contribution in [0.1, 0.15) is 26.2 Å². The molecule has 2 aliphatic heterocycles. The highest BCUT2D eigenvalue weighted by Crippen LogP contribution is 2.38. The zero-order valence-corrected chi connectivity index (χ0v) is 15.1. The predicted molar refractivity (Wildman–Crippen MR) is 93.9 cm³/mol. The lowest BCUT2D eigenvalue weighted by Crippen LogP contribution is -2.50. The molecule has 1 aromatic rings. The Labute approximate surface area is 150 Å². The zero-order chi connectivity index (χ0) is 17.3. The molecule has 0 N–H and O–H groups in total. The standard InChI is InChI=1S/C16H19Cl2N3O3/c1-10(23-2)24-14-8-13(11(17)7-12(14)18)21-9-16(22)20-6-4-3-5-15(20)19-21/h7-8,10H,3-6,9H2,1-2H3. The van der Waals surface area contributed by atoms with Gasteiger partial charge in [0, 0.05) is 26.1 Å². The highest BCUT2D eigenvalue weighted by atomic mass is 35.5. The van der Waals surface area contributed by atoms with Crippen molar-refractivity contribution in [1.29, 1.82) is 0 Å². The Balaban J connectivity index is 1.93. The topological polar surface area (TPSA) is 54.4 Å². The number of rotatable bonds is 4. The Morgan fingerprint density at radius 3 is 2.79 bits per heavy atom. The molecule has 0 radical (unpaired) electrons. The molecule has 1 unspecified atom stereocenters. The maximum absolute atomic E-state index is 12.4. The quantitative estimate of drug-likeness (QED) is 0.759. The van der Waals surface area contributed by atoms with Gasteiger partial charge < -0.3 is 9.47 Å². The van der Waals surface area contributed by atoms with Gasteiger partial charge in [0.1, 0.15) is 18.1 Å². The van der Waals surface area contributed by atoms with Crippen molar-refractivity contribution in [3.05, 3.63) is 22.2 Å². The van der Waals surface area contributed by atoms with Gasteiger partial charge >= 0.3 is 0 Å². The Bertz CT molecular complexity index is 681. The Kier molecular flexibility index (Phi) is 5.18. The normalized spacial score (nSPS) is 19.0. The van der Waals surface area contributed by atoms with E-state index in [0.717, 1.165) is 31.6 Å². The molecule has 0 aromatic heterocycles. The van der Waals surface area contributed by atoms with Crippen LogP contribution in [-0.2, 0) is 9.53 Å². The van der Waals surface area contributed by atoms with Gasteiger partial charge in [-0.25, -0.2) is 0 Å². The average Bonchev–Trinajstić information content (AvgIpc) is 2.57. The lowest BCUT2D eigenvalue weighted by Gasteiger charge is -2.36. The van der Waals surface area contributed by atoms with Crippen LogP contribution in [0.4, 0.5) is 5.69 Å². The number of amidine groups is 1. The molecular formula is C16H19Cl2N3O3. The van der Waals surface area contributed by atoms with Crippen LogP contribution in [0.2, 0.25) is 10.0 Å². The van der Waals surface area contributed by atoms with Crippen LogP contribution in [-0.4, -0.2) is 43.1 Å². The molecule has 0 spiro atoms. The SMILES string of the molecule is COC(C)Oc1cc(N2CC(=O)N3CCCCC3=N2)c(Cl)cc1Cl. The van der Waals surface area contributed by atoms with Crippen LogP contribution < -0.4 is 9.75 Å². The summed E-state index contributed by atoms with van der Waals surface area (Å²) in [5.74, 6) is 1.25. The van der Waals surface area contributed by atoms with Crippen LogP contribution in [0, 0.1) is 0 Å². The van der Waals surface area contributed by atoms with Crippen molar-refractivity contribution in [1.82, 2.24) is 4.90 Å². The largest absolute Gasteiger partial charge is 0.464 e. The minimum absolute atomic E-state index is 0.0263. The Morgan fingerprint density at radius 1 is 1.25 bits per heavy atom. The lowest BCUT2D eigenvalue weighted by atomic mass is 10.1. The highest BCUT2D eigenvalue weighted by molar-refractivity contribution is 6.37. The smallest absolute Gasteiger partial charge is 0.249 e. The Hall–Kier alpha value is -1.50. The first-order chi connectivity index (χ1) is 11.5. The molecule has 3 rings (SSSR count). The number of fused-ring (bicyclic) bond motifs is 1. The van der Waals surface area contributed by atoms with E-state index in [9.17, 15) is 4.79 Å². The summed E-state index contributed by atoms with van der Waals surface area (Å²) >= 11 is 12.5. The van der Waals surface area contributed by atoms with Crippen LogP contribution in [0.5, 0.6) is 5.75 Å². The van der Waals surface area contributed by atoms with Crippen molar-refractivity contribution >= 4 is 40.6 Å². The summed E-state index contributed by atoms with van der Waals surface area (Å²) in [7, 11) is 1.54. The summed E-state index contributed by atoms with van der Waals surface area (Å²) in [6, 6.07) is 3.28. The van der Waals surface area contributed by atoms with Crippen molar-refractivity contribution in [2.45, 2.75) is 32.5 Å². The molecule has 0 bridgehead atoms. The Morgan fingerprint density at radius 2 is 2.04 bits per heavy atom. The van der Waals surface area contributed by atoms with Gasteiger partial charge in [-0.2, -0.15) is 5.10 Å². The van der Waals surface area contributed by atoms with Gasteiger partial charge in [0.2, 0.25) is 5.91 Å². The highest BCUT2D eigenvalue weighted by Gasteiger charge is 2.31. The van der Waals surface area contributed by atoms with Crippen LogP contribution in [0.3, 0.4) is 0 Å². The molecular weight excluding hydrogens is 353 g/mol. The molecule has 8 heteroatoms. The monoisotopic (exact) mass is 371 g/mol. The maximum Gasteiger partial charge on any atom is 0.249 e. The molecule has 2 heterocycles. The molecule has 2 aliphatic rings. The van der Waals surface area contributed by atoms with E-state index in [4.69, 9.17) is 32.7 Å². The van der Waals surface area contributed by atoms with E-state index in [-0.39, 0.29) is 12.5 Å². The number of carbonyl (C=O) groups is 1. The molecule has 1 amide bonds. The maximum atomic E-state index is 12.4. The van der Waals surface area contributed by atoms with Crippen LogP contribution >= 0.6 is 23.2 Å². The second-order valence-corrected chi connectivity index (χ2v) is 6.55. The molecule has 0 aliphatic carbocycles. The van der Waals surface area contributed by atoms with E-state index >= 15 is 0 Å². The van der Waals surface area contributed by atoms with Gasteiger partial charge in [-0.05, 0) is 25.8 Å². The van der Waals surface area contributed by atoms with Crippen molar-refractivity contribution in [2.24, 2.45) is 5.10 Å².